The van der Waals surface area contributed by atoms with Crippen LogP contribution in [0.2, 0.25) is 0 Å². The van der Waals surface area contributed by atoms with Crippen molar-refractivity contribution in [1.29, 1.82) is 0 Å². The van der Waals surface area contributed by atoms with Crippen LogP contribution in [0, 0.1) is 18.8 Å². The molecule has 32 heavy (non-hydrogen) atoms. The third-order valence-corrected chi connectivity index (χ3v) is 5.81. The Bertz CT molecular complexity index is 1080. The number of carbonyl (C=O) groups is 1. The minimum atomic E-state index is -0.272. The number of tetrazole rings is 1. The van der Waals surface area contributed by atoms with E-state index in [-0.39, 0.29) is 12.5 Å². The maximum Gasteiger partial charge on any atom is 0.270 e. The van der Waals surface area contributed by atoms with Crippen molar-refractivity contribution >= 4 is 5.91 Å². The molecule has 0 aliphatic heterocycles. The average Bonchev–Trinajstić information content (AvgIpc) is 3.47. The molecule has 1 aliphatic rings. The topological polar surface area (TPSA) is 115 Å². The van der Waals surface area contributed by atoms with Crippen LogP contribution in [0.5, 0.6) is 5.75 Å². The predicted molar refractivity (Wildman–Crippen MR) is 118 cm³/mol. The van der Waals surface area contributed by atoms with Gasteiger partial charge in [-0.25, -0.2) is 4.98 Å². The van der Waals surface area contributed by atoms with E-state index in [2.05, 4.69) is 25.7 Å². The summed E-state index contributed by atoms with van der Waals surface area (Å²) in [4.78, 5) is 18.7. The largest absolute Gasteiger partial charge is 0.497 e. The van der Waals surface area contributed by atoms with Gasteiger partial charge in [-0.05, 0) is 73.1 Å². The zero-order valence-corrected chi connectivity index (χ0v) is 18.4. The van der Waals surface area contributed by atoms with Gasteiger partial charge in [-0.15, -0.1) is 10.2 Å². The molecule has 1 aliphatic carbocycles. The van der Waals surface area contributed by atoms with E-state index in [0.29, 0.717) is 47.7 Å². The van der Waals surface area contributed by atoms with Crippen LogP contribution in [0.4, 0.5) is 0 Å². The second-order valence-corrected chi connectivity index (χ2v) is 8.31. The SMILES string of the molecule is COc1cccc(CNC(=O)c2cc(-c3nnn(C[C@@H]4CC[C@H](CO)C4)n3)cc(C)n2)c1. The Kier molecular flexibility index (Phi) is 6.75. The van der Waals surface area contributed by atoms with E-state index in [9.17, 15) is 9.90 Å². The van der Waals surface area contributed by atoms with E-state index >= 15 is 0 Å². The van der Waals surface area contributed by atoms with Crippen molar-refractivity contribution in [2.24, 2.45) is 11.8 Å². The van der Waals surface area contributed by atoms with Gasteiger partial charge >= 0.3 is 0 Å². The number of methoxy groups -OCH3 is 1. The van der Waals surface area contributed by atoms with Crippen molar-refractivity contribution in [3.8, 4) is 17.1 Å². The third-order valence-electron chi connectivity index (χ3n) is 5.81. The second-order valence-electron chi connectivity index (χ2n) is 8.31. The Balaban J connectivity index is 1.43. The van der Waals surface area contributed by atoms with Crippen molar-refractivity contribution in [3.63, 3.8) is 0 Å². The molecule has 1 aromatic carbocycles. The minimum Gasteiger partial charge on any atom is -0.497 e. The second kappa shape index (κ2) is 9.86. The first-order valence-electron chi connectivity index (χ1n) is 10.8. The normalized spacial score (nSPS) is 18.0. The molecule has 0 unspecified atom stereocenters. The number of nitrogens with one attached hydrogen (secondary N) is 1. The molecular weight excluding hydrogens is 408 g/mol. The van der Waals surface area contributed by atoms with E-state index in [1.54, 1.807) is 18.0 Å². The standard InChI is InChI=1S/C23H28N6O3/c1-15-8-19(22-26-28-29(27-22)13-17-6-7-18(9-17)14-30)11-21(25-15)23(31)24-12-16-4-3-5-20(10-16)32-2/h3-5,8,10-11,17-18,30H,6-7,9,12-14H2,1-2H3,(H,24,31)/t17-,18+/m1/s1. The number of aliphatic hydroxyl groups is 1. The zero-order chi connectivity index (χ0) is 22.5. The predicted octanol–water partition coefficient (Wildman–Crippen LogP) is 2.39. The first-order chi connectivity index (χ1) is 15.5. The van der Waals surface area contributed by atoms with Crippen LogP contribution in [0.25, 0.3) is 11.4 Å². The van der Waals surface area contributed by atoms with Crippen molar-refractivity contribution in [2.75, 3.05) is 13.7 Å². The Morgan fingerprint density at radius 3 is 2.88 bits per heavy atom. The number of carbonyl (C=O) groups excluding carboxylic acids is 1. The van der Waals surface area contributed by atoms with Gasteiger partial charge in [0.2, 0.25) is 5.82 Å². The van der Waals surface area contributed by atoms with Crippen molar-refractivity contribution < 1.29 is 14.6 Å². The summed E-state index contributed by atoms with van der Waals surface area (Å²) >= 11 is 0. The van der Waals surface area contributed by atoms with Crippen LogP contribution in [-0.2, 0) is 13.1 Å². The van der Waals surface area contributed by atoms with E-state index in [4.69, 9.17) is 4.74 Å². The summed E-state index contributed by atoms with van der Waals surface area (Å²) in [5, 5.41) is 25.1. The summed E-state index contributed by atoms with van der Waals surface area (Å²) in [5.41, 5.74) is 2.65. The van der Waals surface area contributed by atoms with Gasteiger partial charge in [-0.1, -0.05) is 12.1 Å². The summed E-state index contributed by atoms with van der Waals surface area (Å²) < 4.78 is 5.22. The van der Waals surface area contributed by atoms with Crippen LogP contribution in [0.1, 0.15) is 41.0 Å². The molecular formula is C23H28N6O3. The van der Waals surface area contributed by atoms with Gasteiger partial charge in [0.15, 0.2) is 0 Å². The van der Waals surface area contributed by atoms with Crippen LogP contribution >= 0.6 is 0 Å². The highest BCUT2D eigenvalue weighted by molar-refractivity contribution is 5.93. The van der Waals surface area contributed by atoms with Gasteiger partial charge in [0.05, 0.1) is 13.7 Å². The fourth-order valence-corrected chi connectivity index (χ4v) is 4.15. The minimum absolute atomic E-state index is 0.242. The molecule has 2 atom stereocenters. The number of rotatable bonds is 8. The van der Waals surface area contributed by atoms with Gasteiger partial charge in [0.25, 0.3) is 5.91 Å². The first kappa shape index (κ1) is 21.9. The molecule has 9 heteroatoms. The lowest BCUT2D eigenvalue weighted by molar-refractivity contribution is 0.0945. The molecule has 1 amide bonds. The quantitative estimate of drug-likeness (QED) is 0.557. The molecule has 0 bridgehead atoms. The van der Waals surface area contributed by atoms with Gasteiger partial charge < -0.3 is 15.2 Å². The Labute approximate surface area is 186 Å². The smallest absolute Gasteiger partial charge is 0.270 e. The summed E-state index contributed by atoms with van der Waals surface area (Å²) in [6.07, 6.45) is 3.09. The van der Waals surface area contributed by atoms with E-state index in [1.807, 2.05) is 37.3 Å². The molecule has 4 rings (SSSR count). The van der Waals surface area contributed by atoms with E-state index < -0.39 is 0 Å². The number of amides is 1. The molecule has 1 saturated carbocycles. The van der Waals surface area contributed by atoms with E-state index in [1.165, 1.54) is 0 Å². The number of aryl methyl sites for hydroxylation is 1. The molecule has 2 aromatic heterocycles. The number of nitrogens with zero attached hydrogens (tertiary/aromatic N) is 5. The highest BCUT2D eigenvalue weighted by Gasteiger charge is 2.25. The van der Waals surface area contributed by atoms with Crippen LogP contribution in [0.15, 0.2) is 36.4 Å². The molecule has 0 spiro atoms. The maximum atomic E-state index is 12.7. The summed E-state index contributed by atoms with van der Waals surface area (Å²) in [5.74, 6) is 1.77. The summed E-state index contributed by atoms with van der Waals surface area (Å²) in [6.45, 7) is 3.12. The Morgan fingerprint density at radius 2 is 2.09 bits per heavy atom. The lowest BCUT2D eigenvalue weighted by Gasteiger charge is -2.08. The third kappa shape index (κ3) is 5.28. The molecule has 0 saturated heterocycles. The summed E-state index contributed by atoms with van der Waals surface area (Å²) in [7, 11) is 1.61. The number of hydrogen-bond donors (Lipinski definition) is 2. The van der Waals surface area contributed by atoms with Crippen molar-refractivity contribution in [1.82, 2.24) is 30.5 Å². The fraction of sp³-hybridized carbons (Fsp3) is 0.435. The number of ether oxygens (including phenoxy) is 1. The highest BCUT2D eigenvalue weighted by Crippen LogP contribution is 2.31. The molecule has 168 valence electrons. The number of hydrogen-bond acceptors (Lipinski definition) is 7. The fourth-order valence-electron chi connectivity index (χ4n) is 4.15. The average molecular weight is 437 g/mol. The molecule has 3 aromatic rings. The van der Waals surface area contributed by atoms with Gasteiger partial charge in [0.1, 0.15) is 11.4 Å². The summed E-state index contributed by atoms with van der Waals surface area (Å²) in [6, 6.07) is 11.1. The zero-order valence-electron chi connectivity index (χ0n) is 18.4. The lowest BCUT2D eigenvalue weighted by atomic mass is 10.1. The van der Waals surface area contributed by atoms with Crippen LogP contribution in [0.3, 0.4) is 0 Å². The van der Waals surface area contributed by atoms with Crippen molar-refractivity contribution in [3.05, 3.63) is 53.3 Å². The molecule has 1 fully saturated rings. The van der Waals surface area contributed by atoms with Gasteiger partial charge in [-0.3, -0.25) is 4.79 Å². The molecule has 0 radical (unpaired) electrons. The number of benzene rings is 1. The monoisotopic (exact) mass is 436 g/mol. The molecule has 2 N–H and O–H groups in total. The van der Waals surface area contributed by atoms with Crippen LogP contribution < -0.4 is 10.1 Å². The van der Waals surface area contributed by atoms with Gasteiger partial charge in [0, 0.05) is 24.4 Å². The molecule has 9 nitrogen and oxygen atoms in total. The maximum absolute atomic E-state index is 12.7. The Hall–Kier alpha value is -3.33. The van der Waals surface area contributed by atoms with Crippen LogP contribution in [-0.4, -0.2) is 49.9 Å². The van der Waals surface area contributed by atoms with Gasteiger partial charge in [-0.2, -0.15) is 4.80 Å². The number of aromatic nitrogens is 5. The number of pyridine rings is 1. The lowest BCUT2D eigenvalue weighted by Crippen LogP contribution is -2.24. The highest BCUT2D eigenvalue weighted by atomic mass is 16.5. The van der Waals surface area contributed by atoms with E-state index in [0.717, 1.165) is 30.6 Å². The molecule has 2 heterocycles. The first-order valence-corrected chi connectivity index (χ1v) is 10.8. The number of aliphatic hydroxyl groups excluding tert-OH is 1. The Morgan fingerprint density at radius 1 is 1.25 bits per heavy atom. The van der Waals surface area contributed by atoms with Crippen molar-refractivity contribution in [2.45, 2.75) is 39.3 Å².